The molecule has 2 unspecified atom stereocenters. The van der Waals surface area contributed by atoms with Gasteiger partial charge >= 0.3 is 0 Å². The third-order valence-electron chi connectivity index (χ3n) is 1.61. The lowest BCUT2D eigenvalue weighted by Crippen LogP contribution is -2.50. The molecule has 0 aromatic rings. The van der Waals surface area contributed by atoms with Gasteiger partial charge in [0.25, 0.3) is 0 Å². The van der Waals surface area contributed by atoms with E-state index in [0.717, 1.165) is 16.7 Å². The van der Waals surface area contributed by atoms with E-state index in [0.29, 0.717) is 6.17 Å². The molecule has 0 heterocycles. The molecule has 0 rings (SSSR count). The molecular weight excluding hydrogens is 164 g/mol. The monoisotopic (exact) mass is 180 g/mol. The molecule has 0 aliphatic carbocycles. The second-order valence-corrected chi connectivity index (χ2v) is 5.88. The van der Waals surface area contributed by atoms with E-state index in [4.69, 9.17) is 11.6 Å². The molecule has 0 aromatic heterocycles. The predicted octanol–water partition coefficient (Wildman–Crippen LogP) is -0.191. The minimum absolute atomic E-state index is 0.136. The Morgan fingerprint density at radius 3 is 2.50 bits per heavy atom. The van der Waals surface area contributed by atoms with Crippen LogP contribution in [-0.2, 0) is 0 Å². The predicted molar refractivity (Wildman–Crippen MR) is 50.5 cm³/mol. The van der Waals surface area contributed by atoms with Gasteiger partial charge in [0.15, 0.2) is 0 Å². The number of halogens is 1. The second-order valence-electron chi connectivity index (χ2n) is 2.71. The second kappa shape index (κ2) is 4.33. The topological polar surface area (TPSA) is 24.1 Å². The highest BCUT2D eigenvalue weighted by Crippen LogP contribution is 2.10. The van der Waals surface area contributed by atoms with Crippen molar-refractivity contribution in [1.29, 1.82) is 0 Å². The van der Waals surface area contributed by atoms with Gasteiger partial charge < -0.3 is 5.32 Å². The van der Waals surface area contributed by atoms with Crippen molar-refractivity contribution in [2.24, 2.45) is 0 Å². The summed E-state index contributed by atoms with van der Waals surface area (Å²) in [5, 5.41) is 6.35. The zero-order valence-electron chi connectivity index (χ0n) is 7.16. The molecule has 0 saturated heterocycles. The maximum Gasteiger partial charge on any atom is 0.0733 e. The van der Waals surface area contributed by atoms with Crippen LogP contribution >= 0.6 is 11.6 Å². The molecule has 0 amide bonds. The van der Waals surface area contributed by atoms with E-state index < -0.39 is 0 Å². The summed E-state index contributed by atoms with van der Waals surface area (Å²) in [6.07, 6.45) is 1.28. The summed E-state index contributed by atoms with van der Waals surface area (Å²) in [5.41, 5.74) is 0. The fraction of sp³-hybridized carbons (Fsp3) is 1.00. The van der Waals surface area contributed by atoms with Crippen molar-refractivity contribution in [3.63, 3.8) is 0 Å². The standard InChI is InChI=1S/C6H17ClN2Si/c1-4-6(7,10)9-5(2)8-3/h5,8-9H,4H2,1-3,10H3. The normalized spacial score (nSPS) is 20.4. The van der Waals surface area contributed by atoms with Crippen LogP contribution in [0.2, 0.25) is 0 Å². The third kappa shape index (κ3) is 4.28. The van der Waals surface area contributed by atoms with Gasteiger partial charge in [0, 0.05) is 10.2 Å². The molecule has 0 radical (unpaired) electrons. The van der Waals surface area contributed by atoms with Crippen molar-refractivity contribution in [2.45, 2.75) is 31.1 Å². The fourth-order valence-electron chi connectivity index (χ4n) is 0.626. The molecule has 0 aliphatic rings. The first kappa shape index (κ1) is 10.4. The summed E-state index contributed by atoms with van der Waals surface area (Å²) in [7, 11) is 2.88. The molecule has 0 bridgehead atoms. The van der Waals surface area contributed by atoms with Crippen LogP contribution in [0.4, 0.5) is 0 Å². The lowest BCUT2D eigenvalue weighted by Gasteiger charge is -2.26. The molecule has 0 fully saturated rings. The highest BCUT2D eigenvalue weighted by molar-refractivity contribution is 6.44. The minimum atomic E-state index is -0.136. The zero-order chi connectivity index (χ0) is 8.20. The molecule has 0 aromatic carbocycles. The largest absolute Gasteiger partial charge is 0.305 e. The van der Waals surface area contributed by atoms with Crippen LogP contribution in [0.15, 0.2) is 0 Å². The van der Waals surface area contributed by atoms with Gasteiger partial charge in [0.2, 0.25) is 0 Å². The van der Waals surface area contributed by atoms with Gasteiger partial charge in [-0.2, -0.15) is 0 Å². The van der Waals surface area contributed by atoms with Crippen LogP contribution < -0.4 is 10.6 Å². The average molecular weight is 181 g/mol. The summed E-state index contributed by atoms with van der Waals surface area (Å²) < 4.78 is -0.136. The Kier molecular flexibility index (Phi) is 4.52. The highest BCUT2D eigenvalue weighted by Gasteiger charge is 2.18. The Morgan fingerprint density at radius 2 is 2.20 bits per heavy atom. The molecule has 2 N–H and O–H groups in total. The van der Waals surface area contributed by atoms with E-state index in [1.54, 1.807) is 0 Å². The van der Waals surface area contributed by atoms with E-state index in [1.807, 2.05) is 7.05 Å². The number of hydrogen-bond donors (Lipinski definition) is 2. The summed E-state index contributed by atoms with van der Waals surface area (Å²) in [4.78, 5) is 0. The van der Waals surface area contributed by atoms with E-state index in [1.165, 1.54) is 0 Å². The van der Waals surface area contributed by atoms with Gasteiger partial charge in [-0.05, 0) is 20.4 Å². The maximum atomic E-state index is 6.10. The van der Waals surface area contributed by atoms with Crippen molar-refractivity contribution in [1.82, 2.24) is 10.6 Å². The zero-order valence-corrected chi connectivity index (χ0v) is 9.92. The van der Waals surface area contributed by atoms with Crippen LogP contribution in [0.5, 0.6) is 0 Å². The molecular formula is C6H17ClN2Si. The van der Waals surface area contributed by atoms with Crippen molar-refractivity contribution >= 4 is 21.8 Å². The molecule has 4 heteroatoms. The van der Waals surface area contributed by atoms with Crippen molar-refractivity contribution in [2.75, 3.05) is 7.05 Å². The Morgan fingerprint density at radius 1 is 1.70 bits per heavy atom. The van der Waals surface area contributed by atoms with Crippen LogP contribution in [0.25, 0.3) is 0 Å². The van der Waals surface area contributed by atoms with Crippen LogP contribution in [0, 0.1) is 0 Å². The van der Waals surface area contributed by atoms with Crippen molar-refractivity contribution in [3.8, 4) is 0 Å². The summed E-state index contributed by atoms with van der Waals surface area (Å²) in [6, 6.07) is 0. The summed E-state index contributed by atoms with van der Waals surface area (Å²) in [5.74, 6) is 0. The lowest BCUT2D eigenvalue weighted by atomic mass is 10.4. The number of rotatable bonds is 4. The Balaban J connectivity index is 3.64. The van der Waals surface area contributed by atoms with Crippen molar-refractivity contribution in [3.05, 3.63) is 0 Å². The SMILES string of the molecule is CCC([SiH3])(Cl)NC(C)NC. The Labute approximate surface area is 71.1 Å². The smallest absolute Gasteiger partial charge is 0.0733 e. The average Bonchev–Trinajstić information content (AvgIpc) is 1.87. The molecule has 10 heavy (non-hydrogen) atoms. The van der Waals surface area contributed by atoms with E-state index in [9.17, 15) is 0 Å². The molecule has 0 spiro atoms. The fourth-order valence-corrected chi connectivity index (χ4v) is 1.22. The first-order valence-electron chi connectivity index (χ1n) is 3.65. The Bertz CT molecular complexity index is 97.7. The highest BCUT2D eigenvalue weighted by atomic mass is 35.5. The van der Waals surface area contributed by atoms with Crippen LogP contribution in [-0.4, -0.2) is 28.1 Å². The third-order valence-corrected chi connectivity index (χ3v) is 2.99. The van der Waals surface area contributed by atoms with Gasteiger partial charge in [-0.15, -0.1) is 11.6 Å². The first-order valence-corrected chi connectivity index (χ1v) is 5.03. The molecule has 2 nitrogen and oxygen atoms in total. The summed E-state index contributed by atoms with van der Waals surface area (Å²) >= 11 is 6.10. The molecule has 2 atom stereocenters. The van der Waals surface area contributed by atoms with Gasteiger partial charge in [-0.25, -0.2) is 0 Å². The minimum Gasteiger partial charge on any atom is -0.305 e. The quantitative estimate of drug-likeness (QED) is 0.271. The van der Waals surface area contributed by atoms with E-state index in [2.05, 4.69) is 24.5 Å². The lowest BCUT2D eigenvalue weighted by molar-refractivity contribution is 0.439. The molecule has 62 valence electrons. The van der Waals surface area contributed by atoms with Crippen LogP contribution in [0.3, 0.4) is 0 Å². The van der Waals surface area contributed by atoms with Gasteiger partial charge in [0.05, 0.1) is 10.8 Å². The van der Waals surface area contributed by atoms with Crippen molar-refractivity contribution < 1.29 is 0 Å². The van der Waals surface area contributed by atoms with Gasteiger partial charge in [-0.1, -0.05) is 6.92 Å². The van der Waals surface area contributed by atoms with Gasteiger partial charge in [-0.3, -0.25) is 5.32 Å². The van der Waals surface area contributed by atoms with Gasteiger partial charge in [0.1, 0.15) is 0 Å². The van der Waals surface area contributed by atoms with Crippen LogP contribution in [0.1, 0.15) is 20.3 Å². The maximum absolute atomic E-state index is 6.10. The first-order chi connectivity index (χ1) is 4.52. The molecule has 0 aliphatic heterocycles. The molecule has 0 saturated carbocycles. The van der Waals surface area contributed by atoms with E-state index in [-0.39, 0.29) is 4.62 Å². The number of hydrogen-bond acceptors (Lipinski definition) is 2. The number of alkyl halides is 1. The number of nitrogens with one attached hydrogen (secondary N) is 2. The summed E-state index contributed by atoms with van der Waals surface area (Å²) in [6.45, 7) is 4.15. The Hall–Kier alpha value is 0.427. The van der Waals surface area contributed by atoms with E-state index >= 15 is 0 Å².